The zero-order valence-corrected chi connectivity index (χ0v) is 9.98. The minimum absolute atomic E-state index is 0.165. The Morgan fingerprint density at radius 2 is 1.94 bits per heavy atom. The summed E-state index contributed by atoms with van der Waals surface area (Å²) in [5, 5.41) is 1.70. The predicted octanol–water partition coefficient (Wildman–Crippen LogP) is 3.76. The van der Waals surface area contributed by atoms with Crippen LogP contribution < -0.4 is 0 Å². The Bertz CT molecular complexity index is 540. The number of carbonyl (C=O) groups is 1. The largest absolute Gasteiger partial charge is 0.294 e. The van der Waals surface area contributed by atoms with E-state index in [0.717, 1.165) is 17.0 Å². The molecule has 1 nitrogen and oxygen atoms in total. The van der Waals surface area contributed by atoms with Gasteiger partial charge < -0.3 is 0 Å². The number of carbonyl (C=O) groups excluding carboxylic acids is 1. The van der Waals surface area contributed by atoms with Crippen LogP contribution in [0.15, 0.2) is 29.6 Å². The van der Waals surface area contributed by atoms with Crippen LogP contribution in [0, 0.1) is 18.6 Å². The summed E-state index contributed by atoms with van der Waals surface area (Å²) in [6.07, 6.45) is -0.241. The molecule has 0 saturated heterocycles. The molecule has 2 aromatic rings. The van der Waals surface area contributed by atoms with Gasteiger partial charge in [-0.3, -0.25) is 4.79 Å². The third-order valence-corrected chi connectivity index (χ3v) is 3.31. The maximum atomic E-state index is 13.3. The molecule has 0 radical (unpaired) electrons. The second-order valence-electron chi connectivity index (χ2n) is 3.75. The zero-order chi connectivity index (χ0) is 12.4. The molecule has 0 fully saturated rings. The molecule has 2 rings (SSSR count). The average molecular weight is 252 g/mol. The SMILES string of the molecule is Cc1cc(C(=O)Cc2c(F)cccc2F)cs1. The van der Waals surface area contributed by atoms with E-state index in [1.165, 1.54) is 17.4 Å². The number of halogens is 2. The van der Waals surface area contributed by atoms with Crippen LogP contribution in [0.5, 0.6) is 0 Å². The van der Waals surface area contributed by atoms with Crippen molar-refractivity contribution >= 4 is 17.1 Å². The Morgan fingerprint density at radius 3 is 2.47 bits per heavy atom. The van der Waals surface area contributed by atoms with Gasteiger partial charge in [-0.25, -0.2) is 8.78 Å². The van der Waals surface area contributed by atoms with Crippen LogP contribution in [-0.2, 0) is 6.42 Å². The quantitative estimate of drug-likeness (QED) is 0.760. The highest BCUT2D eigenvalue weighted by molar-refractivity contribution is 7.10. The number of Topliss-reactive ketones (excluding diaryl/α,β-unsaturated/α-hetero) is 1. The zero-order valence-electron chi connectivity index (χ0n) is 9.17. The minimum atomic E-state index is -0.676. The number of aryl methyl sites for hydroxylation is 1. The lowest BCUT2D eigenvalue weighted by molar-refractivity contribution is 0.0991. The molecule has 0 saturated carbocycles. The van der Waals surface area contributed by atoms with Gasteiger partial charge in [0.2, 0.25) is 0 Å². The van der Waals surface area contributed by atoms with Crippen molar-refractivity contribution in [2.75, 3.05) is 0 Å². The van der Waals surface area contributed by atoms with Gasteiger partial charge in [-0.1, -0.05) is 6.07 Å². The molecule has 88 valence electrons. The maximum absolute atomic E-state index is 13.3. The van der Waals surface area contributed by atoms with Crippen molar-refractivity contribution in [3.8, 4) is 0 Å². The molecule has 17 heavy (non-hydrogen) atoms. The highest BCUT2D eigenvalue weighted by atomic mass is 32.1. The number of hydrogen-bond donors (Lipinski definition) is 0. The van der Waals surface area contributed by atoms with E-state index in [2.05, 4.69) is 0 Å². The standard InChI is InChI=1S/C13H10F2OS/c1-8-5-9(7-17-8)13(16)6-10-11(14)3-2-4-12(10)15/h2-5,7H,6H2,1H3. The molecule has 0 bridgehead atoms. The predicted molar refractivity (Wildman–Crippen MR) is 63.4 cm³/mol. The summed E-state index contributed by atoms with van der Waals surface area (Å²) in [7, 11) is 0. The van der Waals surface area contributed by atoms with Crippen LogP contribution in [0.25, 0.3) is 0 Å². The highest BCUT2D eigenvalue weighted by Crippen LogP contribution is 2.18. The van der Waals surface area contributed by atoms with Crippen LogP contribution >= 0.6 is 11.3 Å². The molecule has 0 aliphatic heterocycles. The van der Waals surface area contributed by atoms with E-state index >= 15 is 0 Å². The normalized spacial score (nSPS) is 10.5. The van der Waals surface area contributed by atoms with Gasteiger partial charge in [-0.2, -0.15) is 0 Å². The van der Waals surface area contributed by atoms with E-state index < -0.39 is 11.6 Å². The van der Waals surface area contributed by atoms with Crippen LogP contribution in [-0.4, -0.2) is 5.78 Å². The minimum Gasteiger partial charge on any atom is -0.294 e. The number of ketones is 1. The molecule has 0 N–H and O–H groups in total. The van der Waals surface area contributed by atoms with Crippen molar-refractivity contribution in [3.63, 3.8) is 0 Å². The third kappa shape index (κ3) is 2.58. The molecule has 1 aromatic heterocycles. The van der Waals surface area contributed by atoms with Crippen LogP contribution in [0.3, 0.4) is 0 Å². The van der Waals surface area contributed by atoms with Gasteiger partial charge in [0.25, 0.3) is 0 Å². The fourth-order valence-corrected chi connectivity index (χ4v) is 2.26. The van der Waals surface area contributed by atoms with Gasteiger partial charge in [0.1, 0.15) is 11.6 Å². The summed E-state index contributed by atoms with van der Waals surface area (Å²) < 4.78 is 26.7. The lowest BCUT2D eigenvalue weighted by Crippen LogP contribution is -2.06. The van der Waals surface area contributed by atoms with Crippen molar-refractivity contribution in [1.29, 1.82) is 0 Å². The van der Waals surface area contributed by atoms with Crippen molar-refractivity contribution in [2.45, 2.75) is 13.3 Å². The maximum Gasteiger partial charge on any atom is 0.168 e. The van der Waals surface area contributed by atoms with Crippen LogP contribution in [0.1, 0.15) is 20.8 Å². The van der Waals surface area contributed by atoms with E-state index in [4.69, 9.17) is 0 Å². The topological polar surface area (TPSA) is 17.1 Å². The lowest BCUT2D eigenvalue weighted by Gasteiger charge is -2.02. The molecule has 1 aromatic carbocycles. The fraction of sp³-hybridized carbons (Fsp3) is 0.154. The van der Waals surface area contributed by atoms with Crippen molar-refractivity contribution < 1.29 is 13.6 Å². The molecule has 0 spiro atoms. The molecular formula is C13H10F2OS. The molecule has 0 amide bonds. The van der Waals surface area contributed by atoms with Gasteiger partial charge in [0.05, 0.1) is 0 Å². The van der Waals surface area contributed by atoms with Crippen LogP contribution in [0.2, 0.25) is 0 Å². The smallest absolute Gasteiger partial charge is 0.168 e. The molecule has 0 aliphatic rings. The van der Waals surface area contributed by atoms with Crippen molar-refractivity contribution in [3.05, 3.63) is 57.3 Å². The average Bonchev–Trinajstić information content (AvgIpc) is 2.70. The fourth-order valence-electron chi connectivity index (χ4n) is 1.55. The van der Waals surface area contributed by atoms with Gasteiger partial charge >= 0.3 is 0 Å². The first kappa shape index (κ1) is 11.9. The monoisotopic (exact) mass is 252 g/mol. The van der Waals surface area contributed by atoms with E-state index in [9.17, 15) is 13.6 Å². The highest BCUT2D eigenvalue weighted by Gasteiger charge is 2.15. The molecule has 0 unspecified atom stereocenters. The second-order valence-corrected chi connectivity index (χ2v) is 4.86. The Morgan fingerprint density at radius 1 is 1.29 bits per heavy atom. The molecule has 0 aliphatic carbocycles. The summed E-state index contributed by atoms with van der Waals surface area (Å²) in [5.41, 5.74) is 0.344. The van der Waals surface area contributed by atoms with Crippen molar-refractivity contribution in [2.24, 2.45) is 0 Å². The van der Waals surface area contributed by atoms with Gasteiger partial charge in [0, 0.05) is 27.8 Å². The number of hydrogen-bond acceptors (Lipinski definition) is 2. The summed E-state index contributed by atoms with van der Waals surface area (Å²) >= 11 is 1.44. The van der Waals surface area contributed by atoms with E-state index in [1.54, 1.807) is 11.4 Å². The molecular weight excluding hydrogens is 242 g/mol. The second kappa shape index (κ2) is 4.75. The molecule has 0 atom stereocenters. The summed E-state index contributed by atoms with van der Waals surface area (Å²) in [6.45, 7) is 1.88. The first-order valence-electron chi connectivity index (χ1n) is 5.09. The Labute approximate surface area is 102 Å². The van der Waals surface area contributed by atoms with Crippen LogP contribution in [0.4, 0.5) is 8.78 Å². The lowest BCUT2D eigenvalue weighted by atomic mass is 10.0. The summed E-state index contributed by atoms with van der Waals surface area (Å²) in [4.78, 5) is 12.8. The van der Waals surface area contributed by atoms with Gasteiger partial charge in [0.15, 0.2) is 5.78 Å². The Kier molecular flexibility index (Phi) is 3.33. The Balaban J connectivity index is 2.24. The first-order valence-corrected chi connectivity index (χ1v) is 5.97. The number of benzene rings is 1. The van der Waals surface area contributed by atoms with E-state index in [-0.39, 0.29) is 17.8 Å². The van der Waals surface area contributed by atoms with Crippen molar-refractivity contribution in [1.82, 2.24) is 0 Å². The number of thiophene rings is 1. The summed E-state index contributed by atoms with van der Waals surface area (Å²) in [5.74, 6) is -1.62. The number of rotatable bonds is 3. The van der Waals surface area contributed by atoms with Gasteiger partial charge in [-0.15, -0.1) is 11.3 Å². The first-order chi connectivity index (χ1) is 8.08. The van der Waals surface area contributed by atoms with E-state index in [1.807, 2.05) is 6.92 Å². The Hall–Kier alpha value is -1.55. The molecule has 1 heterocycles. The van der Waals surface area contributed by atoms with E-state index in [0.29, 0.717) is 5.56 Å². The summed E-state index contributed by atoms with van der Waals surface area (Å²) in [6, 6.07) is 5.33. The third-order valence-electron chi connectivity index (χ3n) is 2.45. The molecule has 4 heteroatoms. The van der Waals surface area contributed by atoms with Gasteiger partial charge in [-0.05, 0) is 25.1 Å².